The zero-order valence-electron chi connectivity index (χ0n) is 10.4. The third-order valence-electron chi connectivity index (χ3n) is 2.29. The first-order valence-electron chi connectivity index (χ1n) is 5.48. The number of amides is 1. The third-order valence-corrected chi connectivity index (χ3v) is 2.29. The van der Waals surface area contributed by atoms with Crippen molar-refractivity contribution in [1.82, 2.24) is 20.0 Å². The quantitative estimate of drug-likeness (QED) is 0.439. The molecule has 1 amide bonds. The van der Waals surface area contributed by atoms with Crippen molar-refractivity contribution in [2.75, 3.05) is 5.43 Å². The molecule has 0 saturated heterocycles. The van der Waals surface area contributed by atoms with E-state index in [-0.39, 0.29) is 29.0 Å². The fraction of sp³-hybridized carbons (Fsp3) is 0.0909. The van der Waals surface area contributed by atoms with Gasteiger partial charge in [0, 0.05) is 13.0 Å². The van der Waals surface area contributed by atoms with E-state index in [4.69, 9.17) is 0 Å². The number of hydrogen-bond donors (Lipinski definition) is 4. The smallest absolute Gasteiger partial charge is 0.356 e. The van der Waals surface area contributed by atoms with Crippen molar-refractivity contribution in [3.05, 3.63) is 35.0 Å². The van der Waals surface area contributed by atoms with Crippen molar-refractivity contribution in [1.29, 1.82) is 0 Å². The first-order valence-corrected chi connectivity index (χ1v) is 5.48. The van der Waals surface area contributed by atoms with Gasteiger partial charge in [0.05, 0.1) is 5.69 Å². The van der Waals surface area contributed by atoms with Crippen molar-refractivity contribution in [2.24, 2.45) is 0 Å². The van der Waals surface area contributed by atoms with E-state index in [1.54, 1.807) is 0 Å². The SMILES string of the molecule is CC(=O)NNc1ncn(-c2ccc(O)c(O)c2)c(=O)n1. The molecule has 0 atom stereocenters. The topological polar surface area (TPSA) is 129 Å². The average Bonchev–Trinajstić information content (AvgIpc) is 2.40. The normalized spacial score (nSPS) is 10.1. The number of phenols is 2. The monoisotopic (exact) mass is 277 g/mol. The Bertz CT molecular complexity index is 712. The predicted octanol–water partition coefficient (Wildman–Crippen LogP) is -0.498. The molecule has 0 aliphatic rings. The van der Waals surface area contributed by atoms with Crippen LogP contribution >= 0.6 is 0 Å². The van der Waals surface area contributed by atoms with Crippen LogP contribution in [0.2, 0.25) is 0 Å². The molecule has 0 fully saturated rings. The fourth-order valence-corrected chi connectivity index (χ4v) is 1.38. The molecule has 0 spiro atoms. The summed E-state index contributed by atoms with van der Waals surface area (Å²) in [6.07, 6.45) is 1.17. The molecule has 9 nitrogen and oxygen atoms in total. The number of anilines is 1. The van der Waals surface area contributed by atoms with Gasteiger partial charge < -0.3 is 10.2 Å². The highest BCUT2D eigenvalue weighted by Crippen LogP contribution is 2.25. The highest BCUT2D eigenvalue weighted by atomic mass is 16.3. The van der Waals surface area contributed by atoms with Gasteiger partial charge in [0.2, 0.25) is 11.9 Å². The van der Waals surface area contributed by atoms with E-state index >= 15 is 0 Å². The number of nitrogens with one attached hydrogen (secondary N) is 2. The van der Waals surface area contributed by atoms with Crippen LogP contribution in [-0.4, -0.2) is 30.7 Å². The van der Waals surface area contributed by atoms with Crippen LogP contribution in [0.5, 0.6) is 11.5 Å². The second kappa shape index (κ2) is 5.26. The molecule has 0 bridgehead atoms. The molecule has 1 aromatic heterocycles. The Kier molecular flexibility index (Phi) is 3.51. The Morgan fingerprint density at radius 2 is 2.05 bits per heavy atom. The van der Waals surface area contributed by atoms with Crippen LogP contribution in [-0.2, 0) is 4.79 Å². The van der Waals surface area contributed by atoms with Gasteiger partial charge in [-0.1, -0.05) is 0 Å². The van der Waals surface area contributed by atoms with Crippen LogP contribution in [0, 0.1) is 0 Å². The van der Waals surface area contributed by atoms with Crippen LogP contribution < -0.4 is 16.5 Å². The highest BCUT2D eigenvalue weighted by molar-refractivity contribution is 5.73. The van der Waals surface area contributed by atoms with E-state index in [2.05, 4.69) is 20.8 Å². The molecule has 4 N–H and O–H groups in total. The Balaban J connectivity index is 2.31. The lowest BCUT2D eigenvalue weighted by molar-refractivity contribution is -0.118. The summed E-state index contributed by atoms with van der Waals surface area (Å²) < 4.78 is 1.07. The maximum absolute atomic E-state index is 11.8. The fourth-order valence-electron chi connectivity index (χ4n) is 1.38. The van der Waals surface area contributed by atoms with E-state index in [0.29, 0.717) is 0 Å². The van der Waals surface area contributed by atoms with Crippen LogP contribution in [0.25, 0.3) is 5.69 Å². The van der Waals surface area contributed by atoms with Crippen molar-refractivity contribution >= 4 is 11.9 Å². The molecule has 0 unspecified atom stereocenters. The minimum atomic E-state index is -0.669. The number of aromatic hydroxyl groups is 2. The molecule has 0 saturated carbocycles. The number of hydrazine groups is 1. The summed E-state index contributed by atoms with van der Waals surface area (Å²) in [6.45, 7) is 1.29. The molecule has 2 rings (SSSR count). The standard InChI is InChI=1S/C11H11N5O4/c1-6(17)14-15-10-12-5-16(11(20)13-10)7-2-3-8(18)9(19)4-7/h2-5,18-19H,1H3,(H,14,17)(H,13,15,20). The number of hydrogen-bond acceptors (Lipinski definition) is 7. The predicted molar refractivity (Wildman–Crippen MR) is 68.4 cm³/mol. The number of rotatable bonds is 3. The minimum Gasteiger partial charge on any atom is -0.504 e. The lowest BCUT2D eigenvalue weighted by Crippen LogP contribution is -2.31. The molecule has 20 heavy (non-hydrogen) atoms. The zero-order chi connectivity index (χ0) is 14.7. The van der Waals surface area contributed by atoms with Crippen molar-refractivity contribution in [3.63, 3.8) is 0 Å². The number of phenolic OH excluding ortho intramolecular Hbond substituents is 2. The van der Waals surface area contributed by atoms with Gasteiger partial charge in [0.15, 0.2) is 11.5 Å². The second-order valence-electron chi connectivity index (χ2n) is 3.81. The molecular weight excluding hydrogens is 266 g/mol. The van der Waals surface area contributed by atoms with E-state index in [0.717, 1.165) is 4.57 Å². The van der Waals surface area contributed by atoms with Gasteiger partial charge in [-0.15, -0.1) is 0 Å². The zero-order valence-corrected chi connectivity index (χ0v) is 10.4. The van der Waals surface area contributed by atoms with E-state index in [1.807, 2.05) is 0 Å². The van der Waals surface area contributed by atoms with Crippen LogP contribution in [0.4, 0.5) is 5.95 Å². The third kappa shape index (κ3) is 2.83. The first kappa shape index (κ1) is 13.3. The summed E-state index contributed by atoms with van der Waals surface area (Å²) in [5.74, 6) is -1.09. The second-order valence-corrected chi connectivity index (χ2v) is 3.81. The molecule has 0 aliphatic heterocycles. The maximum atomic E-state index is 11.8. The van der Waals surface area contributed by atoms with E-state index in [9.17, 15) is 19.8 Å². The number of carbonyl (C=O) groups excluding carboxylic acids is 1. The van der Waals surface area contributed by atoms with E-state index < -0.39 is 5.69 Å². The van der Waals surface area contributed by atoms with Crippen molar-refractivity contribution < 1.29 is 15.0 Å². The molecule has 2 aromatic rings. The van der Waals surface area contributed by atoms with Gasteiger partial charge in [-0.05, 0) is 12.1 Å². The van der Waals surface area contributed by atoms with Gasteiger partial charge >= 0.3 is 5.69 Å². The summed E-state index contributed by atoms with van der Waals surface area (Å²) in [6, 6.07) is 3.85. The Hall–Kier alpha value is -3.10. The molecule has 1 heterocycles. The summed E-state index contributed by atoms with van der Waals surface area (Å²) in [7, 11) is 0. The average molecular weight is 277 g/mol. The van der Waals surface area contributed by atoms with Crippen LogP contribution in [0.1, 0.15) is 6.92 Å². The summed E-state index contributed by atoms with van der Waals surface area (Å²) >= 11 is 0. The van der Waals surface area contributed by atoms with Gasteiger partial charge in [0.1, 0.15) is 6.33 Å². The molecule has 104 valence electrons. The highest BCUT2D eigenvalue weighted by Gasteiger charge is 2.07. The summed E-state index contributed by atoms with van der Waals surface area (Å²) in [4.78, 5) is 29.9. The Labute approximate surface area is 112 Å². The maximum Gasteiger partial charge on any atom is 0.356 e. The van der Waals surface area contributed by atoms with Crippen molar-refractivity contribution in [2.45, 2.75) is 6.92 Å². The lowest BCUT2D eigenvalue weighted by Gasteiger charge is -2.07. The van der Waals surface area contributed by atoms with E-state index in [1.165, 1.54) is 31.5 Å². The number of carbonyl (C=O) groups is 1. The van der Waals surface area contributed by atoms with Gasteiger partial charge in [-0.2, -0.15) is 4.98 Å². The molecule has 0 radical (unpaired) electrons. The molecule has 1 aromatic carbocycles. The summed E-state index contributed by atoms with van der Waals surface area (Å²) in [5, 5.41) is 18.6. The summed E-state index contributed by atoms with van der Waals surface area (Å²) in [5.41, 5.74) is 4.21. The van der Waals surface area contributed by atoms with Gasteiger partial charge in [0.25, 0.3) is 0 Å². The Morgan fingerprint density at radius 1 is 1.30 bits per heavy atom. The molecule has 0 aliphatic carbocycles. The lowest BCUT2D eigenvalue weighted by atomic mass is 10.3. The van der Waals surface area contributed by atoms with Crippen molar-refractivity contribution in [3.8, 4) is 17.2 Å². The first-order chi connectivity index (χ1) is 9.47. The number of aromatic nitrogens is 3. The number of nitrogens with zero attached hydrogens (tertiary/aromatic N) is 3. The van der Waals surface area contributed by atoms with Gasteiger partial charge in [-0.25, -0.2) is 9.78 Å². The Morgan fingerprint density at radius 3 is 2.65 bits per heavy atom. The minimum absolute atomic E-state index is 0.0653. The number of benzene rings is 1. The molecular formula is C11H11N5O4. The van der Waals surface area contributed by atoms with Gasteiger partial charge in [-0.3, -0.25) is 20.2 Å². The van der Waals surface area contributed by atoms with Crippen LogP contribution in [0.15, 0.2) is 29.3 Å². The largest absolute Gasteiger partial charge is 0.504 e. The molecule has 9 heteroatoms. The van der Waals surface area contributed by atoms with Crippen LogP contribution in [0.3, 0.4) is 0 Å².